The van der Waals surface area contributed by atoms with Crippen LogP contribution in [0.1, 0.15) is 31.1 Å². The Labute approximate surface area is 157 Å². The van der Waals surface area contributed by atoms with Crippen molar-refractivity contribution in [1.29, 1.82) is 0 Å². The summed E-state index contributed by atoms with van der Waals surface area (Å²) in [6.07, 6.45) is 1.23. The Morgan fingerprint density at radius 1 is 0.963 bits per heavy atom. The van der Waals surface area contributed by atoms with Crippen LogP contribution in [-0.4, -0.2) is 29.3 Å². The normalized spacial score (nSPS) is 11.3. The highest BCUT2D eigenvalue weighted by atomic mass is 16.6. The zero-order valence-corrected chi connectivity index (χ0v) is 15.7. The number of nitrogens with zero attached hydrogens (tertiary/aromatic N) is 1. The van der Waals surface area contributed by atoms with E-state index in [0.29, 0.717) is 17.1 Å². The number of esters is 1. The highest BCUT2D eigenvalue weighted by Gasteiger charge is 2.19. The summed E-state index contributed by atoms with van der Waals surface area (Å²) in [4.78, 5) is 23.9. The summed E-state index contributed by atoms with van der Waals surface area (Å²) in [7, 11) is 1.33. The van der Waals surface area contributed by atoms with Crippen molar-refractivity contribution in [3.05, 3.63) is 60.3 Å². The standard InChI is InChI=1S/C21H21NO5/c1-21(2,3)27-20(24)22-11-10-14-12-17(8-9-18(14)22)26-16-7-5-6-15(13-16)19(23)25-4/h5-13H,1-4H3. The molecule has 27 heavy (non-hydrogen) atoms. The highest BCUT2D eigenvalue weighted by molar-refractivity contribution is 5.91. The minimum Gasteiger partial charge on any atom is -0.465 e. The molecule has 0 saturated heterocycles. The smallest absolute Gasteiger partial charge is 0.418 e. The van der Waals surface area contributed by atoms with E-state index in [1.54, 1.807) is 42.6 Å². The van der Waals surface area contributed by atoms with Gasteiger partial charge >= 0.3 is 12.1 Å². The van der Waals surface area contributed by atoms with E-state index in [-0.39, 0.29) is 0 Å². The van der Waals surface area contributed by atoms with Crippen LogP contribution in [0.2, 0.25) is 0 Å². The molecule has 0 unspecified atom stereocenters. The van der Waals surface area contributed by atoms with E-state index >= 15 is 0 Å². The number of hydrogen-bond donors (Lipinski definition) is 0. The van der Waals surface area contributed by atoms with Crippen molar-refractivity contribution >= 4 is 23.0 Å². The number of benzene rings is 2. The van der Waals surface area contributed by atoms with Gasteiger partial charge in [-0.1, -0.05) is 6.07 Å². The van der Waals surface area contributed by atoms with Gasteiger partial charge in [0, 0.05) is 11.6 Å². The van der Waals surface area contributed by atoms with Gasteiger partial charge in [0.15, 0.2) is 0 Å². The fourth-order valence-corrected chi connectivity index (χ4v) is 2.59. The highest BCUT2D eigenvalue weighted by Crippen LogP contribution is 2.27. The van der Waals surface area contributed by atoms with Gasteiger partial charge in [-0.2, -0.15) is 0 Å². The number of hydrogen-bond acceptors (Lipinski definition) is 5. The second kappa shape index (κ2) is 7.15. The molecule has 0 aliphatic heterocycles. The van der Waals surface area contributed by atoms with Crippen molar-refractivity contribution in [2.24, 2.45) is 0 Å². The molecular weight excluding hydrogens is 346 g/mol. The molecule has 0 spiro atoms. The number of aromatic nitrogens is 1. The van der Waals surface area contributed by atoms with Gasteiger partial charge in [-0.05, 0) is 63.2 Å². The summed E-state index contributed by atoms with van der Waals surface area (Å²) in [5.74, 6) is 0.681. The lowest BCUT2D eigenvalue weighted by atomic mass is 10.2. The van der Waals surface area contributed by atoms with Crippen LogP contribution < -0.4 is 4.74 Å². The number of carbonyl (C=O) groups excluding carboxylic acids is 2. The Hall–Kier alpha value is -3.28. The van der Waals surface area contributed by atoms with Crippen LogP contribution in [0.5, 0.6) is 11.5 Å². The quantitative estimate of drug-likeness (QED) is 0.609. The molecule has 0 saturated carbocycles. The summed E-state index contributed by atoms with van der Waals surface area (Å²) in [5.41, 5.74) is 0.563. The Morgan fingerprint density at radius 2 is 1.70 bits per heavy atom. The Balaban J connectivity index is 1.84. The average Bonchev–Trinajstić information content (AvgIpc) is 3.03. The summed E-state index contributed by atoms with van der Waals surface area (Å²) < 4.78 is 17.4. The molecule has 0 amide bonds. The molecule has 0 atom stereocenters. The summed E-state index contributed by atoms with van der Waals surface area (Å²) >= 11 is 0. The van der Waals surface area contributed by atoms with Crippen molar-refractivity contribution in [2.75, 3.05) is 7.11 Å². The third-order valence-electron chi connectivity index (χ3n) is 3.74. The van der Waals surface area contributed by atoms with Crippen molar-refractivity contribution in [3.63, 3.8) is 0 Å². The zero-order valence-electron chi connectivity index (χ0n) is 15.7. The molecule has 3 rings (SSSR count). The summed E-state index contributed by atoms with van der Waals surface area (Å²) in [5, 5.41) is 0.836. The Morgan fingerprint density at radius 3 is 2.41 bits per heavy atom. The second-order valence-electron chi connectivity index (χ2n) is 7.01. The molecule has 6 heteroatoms. The first-order valence-corrected chi connectivity index (χ1v) is 8.47. The van der Waals surface area contributed by atoms with Gasteiger partial charge in [-0.15, -0.1) is 0 Å². The first-order valence-electron chi connectivity index (χ1n) is 8.47. The minimum atomic E-state index is -0.568. The lowest BCUT2D eigenvalue weighted by Gasteiger charge is -2.19. The van der Waals surface area contributed by atoms with Gasteiger partial charge in [0.2, 0.25) is 0 Å². The fourth-order valence-electron chi connectivity index (χ4n) is 2.59. The van der Waals surface area contributed by atoms with E-state index in [4.69, 9.17) is 14.2 Å². The number of carbonyl (C=O) groups is 2. The van der Waals surface area contributed by atoms with Gasteiger partial charge in [0.1, 0.15) is 17.1 Å². The fraction of sp³-hybridized carbons (Fsp3) is 0.238. The first-order chi connectivity index (χ1) is 12.8. The van der Waals surface area contributed by atoms with Crippen molar-refractivity contribution in [3.8, 4) is 11.5 Å². The lowest BCUT2D eigenvalue weighted by molar-refractivity contribution is 0.0543. The van der Waals surface area contributed by atoms with Crippen molar-refractivity contribution < 1.29 is 23.8 Å². The monoisotopic (exact) mass is 367 g/mol. The maximum atomic E-state index is 12.3. The molecule has 0 aliphatic rings. The molecule has 0 radical (unpaired) electrons. The number of rotatable bonds is 3. The number of fused-ring (bicyclic) bond motifs is 1. The Kier molecular flexibility index (Phi) is 4.90. The third kappa shape index (κ3) is 4.28. The topological polar surface area (TPSA) is 66.8 Å². The lowest BCUT2D eigenvalue weighted by Crippen LogP contribution is -2.26. The molecule has 3 aromatic rings. The number of methoxy groups -OCH3 is 1. The Bertz CT molecular complexity index is 997. The summed E-state index contributed by atoms with van der Waals surface area (Å²) in [6, 6.07) is 13.9. The second-order valence-corrected chi connectivity index (χ2v) is 7.01. The van der Waals surface area contributed by atoms with Crippen LogP contribution in [0.15, 0.2) is 54.7 Å². The van der Waals surface area contributed by atoms with Crippen LogP contribution in [-0.2, 0) is 9.47 Å². The largest absolute Gasteiger partial charge is 0.465 e. The molecule has 140 valence electrons. The number of ether oxygens (including phenoxy) is 3. The van der Waals surface area contributed by atoms with Gasteiger partial charge in [0.05, 0.1) is 18.2 Å². The molecule has 1 heterocycles. The minimum absolute atomic E-state index is 0.409. The van der Waals surface area contributed by atoms with E-state index < -0.39 is 17.7 Å². The predicted octanol–water partition coefficient (Wildman–Crippen LogP) is 5.00. The van der Waals surface area contributed by atoms with E-state index in [0.717, 1.165) is 10.9 Å². The van der Waals surface area contributed by atoms with Crippen LogP contribution in [0, 0.1) is 0 Å². The van der Waals surface area contributed by atoms with Crippen LogP contribution in [0.25, 0.3) is 10.9 Å². The van der Waals surface area contributed by atoms with Crippen LogP contribution in [0.4, 0.5) is 4.79 Å². The molecule has 0 bridgehead atoms. The van der Waals surface area contributed by atoms with Gasteiger partial charge in [0.25, 0.3) is 0 Å². The SMILES string of the molecule is COC(=O)c1cccc(Oc2ccc3c(ccn3C(=O)OC(C)(C)C)c2)c1. The maximum Gasteiger partial charge on any atom is 0.418 e. The van der Waals surface area contributed by atoms with Gasteiger partial charge in [-0.25, -0.2) is 9.59 Å². The molecule has 2 aromatic carbocycles. The van der Waals surface area contributed by atoms with Gasteiger partial charge < -0.3 is 14.2 Å². The first kappa shape index (κ1) is 18.5. The average molecular weight is 367 g/mol. The van der Waals surface area contributed by atoms with Crippen molar-refractivity contribution in [1.82, 2.24) is 4.57 Å². The molecule has 6 nitrogen and oxygen atoms in total. The van der Waals surface area contributed by atoms with E-state index in [1.165, 1.54) is 11.7 Å². The van der Waals surface area contributed by atoms with Crippen LogP contribution >= 0.6 is 0 Å². The molecule has 0 N–H and O–H groups in total. The predicted molar refractivity (Wildman–Crippen MR) is 101 cm³/mol. The molecule has 1 aromatic heterocycles. The van der Waals surface area contributed by atoms with E-state index in [9.17, 15) is 9.59 Å². The third-order valence-corrected chi connectivity index (χ3v) is 3.74. The zero-order chi connectivity index (χ0) is 19.6. The molecule has 0 aliphatic carbocycles. The van der Waals surface area contributed by atoms with Gasteiger partial charge in [-0.3, -0.25) is 4.57 Å². The maximum absolute atomic E-state index is 12.3. The molecule has 0 fully saturated rings. The van der Waals surface area contributed by atoms with Crippen LogP contribution in [0.3, 0.4) is 0 Å². The molecular formula is C21H21NO5. The van der Waals surface area contributed by atoms with E-state index in [1.807, 2.05) is 32.9 Å². The van der Waals surface area contributed by atoms with Crippen molar-refractivity contribution in [2.45, 2.75) is 26.4 Å². The summed E-state index contributed by atoms with van der Waals surface area (Å²) in [6.45, 7) is 5.47. The van der Waals surface area contributed by atoms with E-state index in [2.05, 4.69) is 0 Å².